The second-order valence-electron chi connectivity index (χ2n) is 14.0. The molecule has 0 bridgehead atoms. The van der Waals surface area contributed by atoms with Crippen molar-refractivity contribution >= 4 is 34.1 Å². The molecule has 272 valence electrons. The first-order valence-electron chi connectivity index (χ1n) is 19.2. The van der Waals surface area contributed by atoms with Gasteiger partial charge in [0.15, 0.2) is 0 Å². The van der Waals surface area contributed by atoms with Crippen LogP contribution in [0.5, 0.6) is 0 Å². The van der Waals surface area contributed by atoms with Crippen LogP contribution < -0.4 is 9.80 Å². The number of hydrogen-bond acceptors (Lipinski definition) is 2. The molecule has 0 amide bonds. The standard InChI is InChI=1S/C54H39FN2/c55-48-37-53(56(49-29-21-44(22-30-49)40-13-5-1-6-14-40)50-31-23-45(24-32-50)41-15-7-2-8-16-41)39-54(38-48)57(51-33-25-46(26-34-51)42-17-9-3-10-18-42)52-35-27-47(28-36-52)43-19-11-4-12-20-43/h1-39H. The third kappa shape index (κ3) is 7.73. The molecule has 0 saturated heterocycles. The van der Waals surface area contributed by atoms with Crippen molar-refractivity contribution in [2.45, 2.75) is 0 Å². The molecule has 0 heterocycles. The smallest absolute Gasteiger partial charge is 0.127 e. The van der Waals surface area contributed by atoms with Crippen LogP contribution in [-0.4, -0.2) is 0 Å². The van der Waals surface area contributed by atoms with Crippen molar-refractivity contribution in [3.63, 3.8) is 0 Å². The Morgan fingerprint density at radius 2 is 0.421 bits per heavy atom. The Bertz CT molecular complexity index is 2330. The van der Waals surface area contributed by atoms with Gasteiger partial charge in [0.2, 0.25) is 0 Å². The molecule has 0 aliphatic heterocycles. The molecule has 9 rings (SSSR count). The van der Waals surface area contributed by atoms with Gasteiger partial charge in [0, 0.05) is 22.7 Å². The van der Waals surface area contributed by atoms with Crippen LogP contribution in [0.2, 0.25) is 0 Å². The molecule has 0 aliphatic rings. The molecular formula is C54H39FN2. The maximum Gasteiger partial charge on any atom is 0.127 e. The Labute approximate surface area is 334 Å². The third-order valence-electron chi connectivity index (χ3n) is 10.3. The molecule has 3 heteroatoms. The molecular weight excluding hydrogens is 696 g/mol. The molecule has 0 fully saturated rings. The zero-order chi connectivity index (χ0) is 38.4. The van der Waals surface area contributed by atoms with Crippen LogP contribution in [-0.2, 0) is 0 Å². The lowest BCUT2D eigenvalue weighted by atomic mass is 10.0. The lowest BCUT2D eigenvalue weighted by molar-refractivity contribution is 0.628. The molecule has 9 aromatic carbocycles. The van der Waals surface area contributed by atoms with Crippen molar-refractivity contribution in [2.75, 3.05) is 9.80 Å². The summed E-state index contributed by atoms with van der Waals surface area (Å²) >= 11 is 0. The predicted octanol–water partition coefficient (Wildman–Crippen LogP) is 15.4. The Hall–Kier alpha value is -7.49. The minimum Gasteiger partial charge on any atom is -0.310 e. The Morgan fingerprint density at radius 1 is 0.211 bits per heavy atom. The first-order valence-corrected chi connectivity index (χ1v) is 19.2. The largest absolute Gasteiger partial charge is 0.310 e. The lowest BCUT2D eigenvalue weighted by Crippen LogP contribution is -2.14. The van der Waals surface area contributed by atoms with E-state index in [4.69, 9.17) is 0 Å². The van der Waals surface area contributed by atoms with Gasteiger partial charge in [-0.15, -0.1) is 0 Å². The summed E-state index contributed by atoms with van der Waals surface area (Å²) in [5.74, 6) is -0.332. The fraction of sp³-hybridized carbons (Fsp3) is 0. The summed E-state index contributed by atoms with van der Waals surface area (Å²) in [6.45, 7) is 0. The van der Waals surface area contributed by atoms with Gasteiger partial charge >= 0.3 is 0 Å². The average molecular weight is 735 g/mol. The highest BCUT2D eigenvalue weighted by Gasteiger charge is 2.20. The Morgan fingerprint density at radius 3 is 0.649 bits per heavy atom. The summed E-state index contributed by atoms with van der Waals surface area (Å²) < 4.78 is 16.3. The highest BCUT2D eigenvalue weighted by Crippen LogP contribution is 2.42. The molecule has 0 aromatic heterocycles. The van der Waals surface area contributed by atoms with E-state index in [-0.39, 0.29) is 5.82 Å². The van der Waals surface area contributed by atoms with Gasteiger partial charge in [0.1, 0.15) is 5.82 Å². The van der Waals surface area contributed by atoms with Gasteiger partial charge in [-0.05, 0) is 111 Å². The second-order valence-corrected chi connectivity index (χ2v) is 14.0. The summed E-state index contributed by atoms with van der Waals surface area (Å²) in [6.07, 6.45) is 0. The fourth-order valence-corrected chi connectivity index (χ4v) is 7.45. The zero-order valence-corrected chi connectivity index (χ0v) is 31.3. The highest BCUT2D eigenvalue weighted by molar-refractivity contribution is 5.85. The highest BCUT2D eigenvalue weighted by atomic mass is 19.1. The van der Waals surface area contributed by atoms with Crippen molar-refractivity contribution in [3.8, 4) is 44.5 Å². The minimum atomic E-state index is -0.332. The van der Waals surface area contributed by atoms with E-state index >= 15 is 4.39 Å². The SMILES string of the molecule is Fc1cc(N(c2ccc(-c3ccccc3)cc2)c2ccc(-c3ccccc3)cc2)cc(N(c2ccc(-c3ccccc3)cc2)c2ccc(-c3ccccc3)cc2)c1. The van der Waals surface area contributed by atoms with E-state index in [9.17, 15) is 0 Å². The Balaban J connectivity index is 1.16. The van der Waals surface area contributed by atoms with Crippen LogP contribution in [0.3, 0.4) is 0 Å². The quantitative estimate of drug-likeness (QED) is 0.138. The van der Waals surface area contributed by atoms with Crippen molar-refractivity contribution in [3.05, 3.63) is 242 Å². The number of rotatable bonds is 10. The topological polar surface area (TPSA) is 6.48 Å². The molecule has 9 aromatic rings. The normalized spacial score (nSPS) is 10.9. The van der Waals surface area contributed by atoms with E-state index in [1.807, 2.05) is 72.8 Å². The molecule has 0 unspecified atom stereocenters. The summed E-state index contributed by atoms with van der Waals surface area (Å²) in [5, 5.41) is 0. The fourth-order valence-electron chi connectivity index (χ4n) is 7.45. The van der Waals surface area contributed by atoms with Crippen molar-refractivity contribution < 1.29 is 4.39 Å². The van der Waals surface area contributed by atoms with E-state index in [1.54, 1.807) is 12.1 Å². The van der Waals surface area contributed by atoms with Crippen molar-refractivity contribution in [2.24, 2.45) is 0 Å². The van der Waals surface area contributed by atoms with Gasteiger partial charge in [0.05, 0.1) is 11.4 Å². The number of anilines is 6. The predicted molar refractivity (Wildman–Crippen MR) is 238 cm³/mol. The van der Waals surface area contributed by atoms with Crippen molar-refractivity contribution in [1.29, 1.82) is 0 Å². The van der Waals surface area contributed by atoms with Gasteiger partial charge in [-0.3, -0.25) is 0 Å². The van der Waals surface area contributed by atoms with E-state index in [0.29, 0.717) is 11.4 Å². The summed E-state index contributed by atoms with van der Waals surface area (Å²) in [6, 6.07) is 80.7. The van der Waals surface area contributed by atoms with Gasteiger partial charge in [-0.2, -0.15) is 0 Å². The number of hydrogen-bond donors (Lipinski definition) is 0. The molecule has 0 spiro atoms. The first-order chi connectivity index (χ1) is 28.2. The van der Waals surface area contributed by atoms with Crippen molar-refractivity contribution in [1.82, 2.24) is 0 Å². The van der Waals surface area contributed by atoms with E-state index in [1.165, 1.54) is 0 Å². The Kier molecular flexibility index (Phi) is 9.94. The van der Waals surface area contributed by atoms with Gasteiger partial charge in [0.25, 0.3) is 0 Å². The molecule has 0 atom stereocenters. The molecule has 2 nitrogen and oxygen atoms in total. The van der Waals surface area contributed by atoms with Crippen LogP contribution in [0.15, 0.2) is 237 Å². The molecule has 0 N–H and O–H groups in total. The second kappa shape index (κ2) is 16.1. The van der Waals surface area contributed by atoms with E-state index in [2.05, 4.69) is 161 Å². The van der Waals surface area contributed by atoms with Gasteiger partial charge in [-0.1, -0.05) is 170 Å². The van der Waals surface area contributed by atoms with E-state index < -0.39 is 0 Å². The lowest BCUT2D eigenvalue weighted by Gasteiger charge is -2.30. The van der Waals surface area contributed by atoms with Gasteiger partial charge in [-0.25, -0.2) is 4.39 Å². The van der Waals surface area contributed by atoms with Crippen LogP contribution >= 0.6 is 0 Å². The number of nitrogens with zero attached hydrogens (tertiary/aromatic N) is 2. The van der Waals surface area contributed by atoms with Gasteiger partial charge < -0.3 is 9.80 Å². The first kappa shape index (κ1) is 35.2. The summed E-state index contributed by atoms with van der Waals surface area (Å²) in [5.41, 5.74) is 14.1. The minimum absolute atomic E-state index is 0.332. The molecule has 0 saturated carbocycles. The number of halogens is 1. The molecule has 0 aliphatic carbocycles. The number of benzene rings is 9. The molecule has 0 radical (unpaired) electrons. The maximum atomic E-state index is 16.3. The average Bonchev–Trinajstić information content (AvgIpc) is 3.29. The monoisotopic (exact) mass is 734 g/mol. The van der Waals surface area contributed by atoms with Crippen LogP contribution in [0.25, 0.3) is 44.5 Å². The van der Waals surface area contributed by atoms with Crippen LogP contribution in [0.1, 0.15) is 0 Å². The van der Waals surface area contributed by atoms with E-state index in [0.717, 1.165) is 67.3 Å². The summed E-state index contributed by atoms with van der Waals surface area (Å²) in [4.78, 5) is 4.26. The summed E-state index contributed by atoms with van der Waals surface area (Å²) in [7, 11) is 0. The van der Waals surface area contributed by atoms with Crippen LogP contribution in [0, 0.1) is 5.82 Å². The maximum absolute atomic E-state index is 16.3. The zero-order valence-electron chi connectivity index (χ0n) is 31.3. The molecule has 57 heavy (non-hydrogen) atoms. The van der Waals surface area contributed by atoms with Crippen LogP contribution in [0.4, 0.5) is 38.5 Å². The third-order valence-corrected chi connectivity index (χ3v) is 10.3.